The monoisotopic (exact) mass is 281 g/mol. The molecule has 0 aromatic heterocycles. The van der Waals surface area contributed by atoms with E-state index in [1.807, 2.05) is 0 Å². The molecule has 4 heteroatoms. The Labute approximate surface area is 116 Å². The lowest BCUT2D eigenvalue weighted by Gasteiger charge is -2.27. The summed E-state index contributed by atoms with van der Waals surface area (Å²) in [5.41, 5.74) is 2.77. The molecule has 106 valence electrons. The fourth-order valence-corrected chi connectivity index (χ4v) is 3.55. The Bertz CT molecular complexity index is 512. The Morgan fingerprint density at radius 3 is 2.05 bits per heavy atom. The van der Waals surface area contributed by atoms with Gasteiger partial charge in [0.2, 0.25) is 0 Å². The van der Waals surface area contributed by atoms with Gasteiger partial charge >= 0.3 is 0 Å². The van der Waals surface area contributed by atoms with Crippen LogP contribution in [0, 0.1) is 0 Å². The molecule has 1 aromatic carbocycles. The summed E-state index contributed by atoms with van der Waals surface area (Å²) in [5.74, 6) is 0.597. The van der Waals surface area contributed by atoms with Gasteiger partial charge in [0.05, 0.1) is 11.5 Å². The second-order valence-electron chi connectivity index (χ2n) is 6.37. The first-order valence-electron chi connectivity index (χ1n) is 6.78. The summed E-state index contributed by atoms with van der Waals surface area (Å²) >= 11 is 0. The molecule has 3 nitrogen and oxygen atoms in total. The third-order valence-electron chi connectivity index (χ3n) is 3.66. The molecular weight excluding hydrogens is 258 g/mol. The largest absolute Gasteiger partial charge is 0.297 e. The molecule has 1 aliphatic rings. The van der Waals surface area contributed by atoms with Crippen LogP contribution < -0.4 is 0 Å². The number of rotatable bonds is 2. The average molecular weight is 281 g/mol. The molecular formula is C15H23NO2S. The second-order valence-corrected chi connectivity index (χ2v) is 8.68. The van der Waals surface area contributed by atoms with Gasteiger partial charge in [0.1, 0.15) is 0 Å². The minimum absolute atomic E-state index is 0.178. The Morgan fingerprint density at radius 1 is 1.05 bits per heavy atom. The Morgan fingerprint density at radius 2 is 1.58 bits per heavy atom. The van der Waals surface area contributed by atoms with Gasteiger partial charge in [-0.15, -0.1) is 0 Å². The van der Waals surface area contributed by atoms with E-state index in [0.717, 1.165) is 6.54 Å². The van der Waals surface area contributed by atoms with E-state index in [1.165, 1.54) is 11.1 Å². The Kier molecular flexibility index (Phi) is 4.02. The predicted octanol–water partition coefficient (Wildman–Crippen LogP) is 2.21. The summed E-state index contributed by atoms with van der Waals surface area (Å²) < 4.78 is 22.8. The molecule has 0 saturated carbocycles. The lowest BCUT2D eigenvalue weighted by Crippen LogP contribution is -2.39. The van der Waals surface area contributed by atoms with Gasteiger partial charge in [-0.3, -0.25) is 4.90 Å². The first kappa shape index (κ1) is 14.5. The summed E-state index contributed by atoms with van der Waals surface area (Å²) in [6.07, 6.45) is 0. The molecule has 1 aliphatic heterocycles. The Balaban J connectivity index is 1.97. The predicted molar refractivity (Wildman–Crippen MR) is 79.1 cm³/mol. The number of sulfone groups is 1. The number of benzene rings is 1. The lowest BCUT2D eigenvalue weighted by atomic mass is 9.87. The molecule has 1 fully saturated rings. The van der Waals surface area contributed by atoms with Crippen molar-refractivity contribution in [2.75, 3.05) is 24.6 Å². The minimum atomic E-state index is -2.78. The standard InChI is InChI=1S/C15H23NO2S/c1-15(2,3)14-6-4-13(5-7-14)12-16-8-10-19(17,18)11-9-16/h4-7H,8-12H2,1-3H3. The molecule has 2 rings (SSSR count). The van der Waals surface area contributed by atoms with E-state index in [9.17, 15) is 8.42 Å². The summed E-state index contributed by atoms with van der Waals surface area (Å²) in [5, 5.41) is 0. The highest BCUT2D eigenvalue weighted by atomic mass is 32.2. The molecule has 0 unspecified atom stereocenters. The summed E-state index contributed by atoms with van der Waals surface area (Å²) in [6, 6.07) is 8.67. The maximum absolute atomic E-state index is 11.4. The van der Waals surface area contributed by atoms with Gasteiger partial charge in [0, 0.05) is 19.6 Å². The average Bonchev–Trinajstić information content (AvgIpc) is 2.31. The van der Waals surface area contributed by atoms with Crippen molar-refractivity contribution < 1.29 is 8.42 Å². The number of nitrogens with zero attached hydrogens (tertiary/aromatic N) is 1. The van der Waals surface area contributed by atoms with Crippen molar-refractivity contribution in [3.05, 3.63) is 35.4 Å². The maximum Gasteiger partial charge on any atom is 0.152 e. The van der Waals surface area contributed by atoms with Gasteiger partial charge in [-0.05, 0) is 16.5 Å². The molecule has 1 heterocycles. The quantitative estimate of drug-likeness (QED) is 0.834. The molecule has 0 atom stereocenters. The van der Waals surface area contributed by atoms with Crippen molar-refractivity contribution in [1.82, 2.24) is 4.90 Å². The molecule has 19 heavy (non-hydrogen) atoms. The van der Waals surface area contributed by atoms with Crippen LogP contribution in [0.4, 0.5) is 0 Å². The molecule has 0 bridgehead atoms. The first-order chi connectivity index (χ1) is 8.76. The van der Waals surface area contributed by atoms with Crippen molar-refractivity contribution in [1.29, 1.82) is 0 Å². The van der Waals surface area contributed by atoms with Gasteiger partial charge in [-0.2, -0.15) is 0 Å². The van der Waals surface area contributed by atoms with E-state index in [0.29, 0.717) is 24.6 Å². The fraction of sp³-hybridized carbons (Fsp3) is 0.600. The van der Waals surface area contributed by atoms with Gasteiger partial charge < -0.3 is 0 Å². The highest BCUT2D eigenvalue weighted by molar-refractivity contribution is 7.91. The number of hydrogen-bond acceptors (Lipinski definition) is 3. The van der Waals surface area contributed by atoms with E-state index < -0.39 is 9.84 Å². The van der Waals surface area contributed by atoms with Gasteiger partial charge in [-0.25, -0.2) is 8.42 Å². The van der Waals surface area contributed by atoms with E-state index in [1.54, 1.807) is 0 Å². The Hall–Kier alpha value is -0.870. The summed E-state index contributed by atoms with van der Waals surface area (Å²) in [6.45, 7) is 8.78. The summed E-state index contributed by atoms with van der Waals surface area (Å²) in [4.78, 5) is 2.22. The van der Waals surface area contributed by atoms with E-state index >= 15 is 0 Å². The zero-order chi connectivity index (χ0) is 14.1. The molecule has 0 radical (unpaired) electrons. The number of hydrogen-bond donors (Lipinski definition) is 0. The molecule has 0 N–H and O–H groups in total. The van der Waals surface area contributed by atoms with Gasteiger partial charge in [-0.1, -0.05) is 45.0 Å². The zero-order valence-electron chi connectivity index (χ0n) is 12.0. The van der Waals surface area contributed by atoms with Crippen molar-refractivity contribution in [3.63, 3.8) is 0 Å². The van der Waals surface area contributed by atoms with Crippen LogP contribution >= 0.6 is 0 Å². The normalized spacial score (nSPS) is 20.4. The SMILES string of the molecule is CC(C)(C)c1ccc(CN2CCS(=O)(=O)CC2)cc1. The first-order valence-corrected chi connectivity index (χ1v) is 8.61. The van der Waals surface area contributed by atoms with Gasteiger partial charge in [0.15, 0.2) is 9.84 Å². The van der Waals surface area contributed by atoms with Crippen LogP contribution in [0.1, 0.15) is 31.9 Å². The highest BCUT2D eigenvalue weighted by Gasteiger charge is 2.21. The van der Waals surface area contributed by atoms with Gasteiger partial charge in [0.25, 0.3) is 0 Å². The van der Waals surface area contributed by atoms with Crippen LogP contribution in [0.3, 0.4) is 0 Å². The minimum Gasteiger partial charge on any atom is -0.297 e. The van der Waals surface area contributed by atoms with Crippen molar-refractivity contribution in [3.8, 4) is 0 Å². The van der Waals surface area contributed by atoms with E-state index in [4.69, 9.17) is 0 Å². The zero-order valence-corrected chi connectivity index (χ0v) is 12.8. The molecule has 0 amide bonds. The topological polar surface area (TPSA) is 37.4 Å². The van der Waals surface area contributed by atoms with Crippen molar-refractivity contribution in [2.45, 2.75) is 32.7 Å². The lowest BCUT2D eigenvalue weighted by molar-refractivity contribution is 0.287. The van der Waals surface area contributed by atoms with E-state index in [2.05, 4.69) is 49.9 Å². The van der Waals surface area contributed by atoms with E-state index in [-0.39, 0.29) is 5.41 Å². The molecule has 1 aromatic rings. The highest BCUT2D eigenvalue weighted by Crippen LogP contribution is 2.22. The second kappa shape index (κ2) is 5.25. The van der Waals surface area contributed by atoms with Crippen LogP contribution in [0.15, 0.2) is 24.3 Å². The maximum atomic E-state index is 11.4. The van der Waals surface area contributed by atoms with Crippen molar-refractivity contribution in [2.24, 2.45) is 0 Å². The molecule has 0 spiro atoms. The van der Waals surface area contributed by atoms with Crippen molar-refractivity contribution >= 4 is 9.84 Å². The van der Waals surface area contributed by atoms with Crippen LogP contribution in [0.25, 0.3) is 0 Å². The molecule has 0 aliphatic carbocycles. The fourth-order valence-electron chi connectivity index (χ4n) is 2.28. The van der Waals surface area contributed by atoms with Crippen LogP contribution in [-0.4, -0.2) is 37.9 Å². The third kappa shape index (κ3) is 4.05. The smallest absolute Gasteiger partial charge is 0.152 e. The summed E-state index contributed by atoms with van der Waals surface area (Å²) in [7, 11) is -2.78. The molecule has 1 saturated heterocycles. The van der Waals surface area contributed by atoms with Crippen LogP contribution in [-0.2, 0) is 21.8 Å². The van der Waals surface area contributed by atoms with Crippen LogP contribution in [0.5, 0.6) is 0 Å². The van der Waals surface area contributed by atoms with Crippen LogP contribution in [0.2, 0.25) is 0 Å². The third-order valence-corrected chi connectivity index (χ3v) is 5.27.